The molecule has 0 saturated heterocycles. The van der Waals surface area contributed by atoms with E-state index >= 15 is 0 Å². The van der Waals surface area contributed by atoms with Gasteiger partial charge in [0.2, 0.25) is 0 Å². The molecule has 0 unspecified atom stereocenters. The number of hydrogen-bond acceptors (Lipinski definition) is 3. The standard InChI is InChI=1S/C17H17FN2O3S/c1-24(22,23)14-6-7-15-12(10-14)8-9-20(17(19)21)16(15)11-2-4-13(18)5-3-11/h2-7,10,16H,8-9H2,1H3,(H2,19,21)/t16-/m1/s1. The van der Waals surface area contributed by atoms with Crippen LogP contribution in [0.5, 0.6) is 0 Å². The number of nitrogens with two attached hydrogens (primary N) is 1. The fraction of sp³-hybridized carbons (Fsp3) is 0.235. The van der Waals surface area contributed by atoms with Gasteiger partial charge in [-0.2, -0.15) is 0 Å². The Hall–Kier alpha value is -2.41. The first-order chi connectivity index (χ1) is 11.3. The van der Waals surface area contributed by atoms with Crippen molar-refractivity contribution in [1.82, 2.24) is 4.90 Å². The molecule has 2 amide bonds. The van der Waals surface area contributed by atoms with E-state index in [1.807, 2.05) is 0 Å². The first-order valence-electron chi connectivity index (χ1n) is 7.42. The fourth-order valence-corrected chi connectivity index (χ4v) is 3.75. The second-order valence-electron chi connectivity index (χ2n) is 5.87. The number of primary amides is 1. The van der Waals surface area contributed by atoms with Crippen LogP contribution in [0.1, 0.15) is 22.7 Å². The van der Waals surface area contributed by atoms with Crippen molar-refractivity contribution in [3.63, 3.8) is 0 Å². The van der Waals surface area contributed by atoms with Crippen molar-refractivity contribution in [2.75, 3.05) is 12.8 Å². The second kappa shape index (κ2) is 5.90. The SMILES string of the molecule is CS(=O)(=O)c1ccc2c(c1)CCN(C(N)=O)[C@@H]2c1ccc(F)cc1. The molecule has 3 rings (SSSR count). The van der Waals surface area contributed by atoms with Crippen LogP contribution >= 0.6 is 0 Å². The Bertz CT molecular complexity index is 895. The van der Waals surface area contributed by atoms with E-state index in [0.29, 0.717) is 13.0 Å². The number of halogens is 1. The maximum absolute atomic E-state index is 13.2. The Morgan fingerprint density at radius 2 is 1.88 bits per heavy atom. The average Bonchev–Trinajstić information content (AvgIpc) is 2.53. The summed E-state index contributed by atoms with van der Waals surface area (Å²) in [6, 6.07) is 9.71. The van der Waals surface area contributed by atoms with E-state index in [1.165, 1.54) is 23.1 Å². The molecule has 2 aromatic rings. The largest absolute Gasteiger partial charge is 0.351 e. The number of urea groups is 1. The number of sulfone groups is 1. The van der Waals surface area contributed by atoms with Crippen LogP contribution in [0.15, 0.2) is 47.4 Å². The summed E-state index contributed by atoms with van der Waals surface area (Å²) < 4.78 is 36.7. The average molecular weight is 348 g/mol. The fourth-order valence-electron chi connectivity index (χ4n) is 3.08. The molecule has 0 radical (unpaired) electrons. The smallest absolute Gasteiger partial charge is 0.315 e. The summed E-state index contributed by atoms with van der Waals surface area (Å²) in [6.45, 7) is 0.373. The van der Waals surface area contributed by atoms with E-state index in [9.17, 15) is 17.6 Å². The molecule has 0 saturated carbocycles. The number of amides is 2. The van der Waals surface area contributed by atoms with Gasteiger partial charge in [0.15, 0.2) is 9.84 Å². The highest BCUT2D eigenvalue weighted by Crippen LogP contribution is 2.36. The Kier molecular flexibility index (Phi) is 4.04. The van der Waals surface area contributed by atoms with E-state index in [1.54, 1.807) is 24.3 Å². The minimum Gasteiger partial charge on any atom is -0.351 e. The van der Waals surface area contributed by atoms with Gasteiger partial charge in [0.05, 0.1) is 10.9 Å². The predicted molar refractivity (Wildman–Crippen MR) is 87.8 cm³/mol. The summed E-state index contributed by atoms with van der Waals surface area (Å²) in [5.74, 6) is -0.368. The molecule has 2 N–H and O–H groups in total. The minimum absolute atomic E-state index is 0.242. The number of carbonyl (C=O) groups excluding carboxylic acids is 1. The van der Waals surface area contributed by atoms with Crippen LogP contribution in [0.4, 0.5) is 9.18 Å². The topological polar surface area (TPSA) is 80.5 Å². The molecular weight excluding hydrogens is 331 g/mol. The van der Waals surface area contributed by atoms with E-state index in [4.69, 9.17) is 5.73 Å². The molecule has 0 aromatic heterocycles. The van der Waals surface area contributed by atoms with Gasteiger partial charge in [0.1, 0.15) is 5.82 Å². The predicted octanol–water partition coefficient (Wildman–Crippen LogP) is 2.26. The van der Waals surface area contributed by atoms with E-state index in [2.05, 4.69) is 0 Å². The lowest BCUT2D eigenvalue weighted by Gasteiger charge is -2.36. The normalized spacial score (nSPS) is 17.4. The maximum Gasteiger partial charge on any atom is 0.315 e. The molecule has 126 valence electrons. The van der Waals surface area contributed by atoms with Crippen LogP contribution in [0.2, 0.25) is 0 Å². The minimum atomic E-state index is -3.31. The first kappa shape index (κ1) is 16.4. The molecule has 0 aliphatic carbocycles. The van der Waals surface area contributed by atoms with Crippen molar-refractivity contribution in [3.8, 4) is 0 Å². The van der Waals surface area contributed by atoms with Gasteiger partial charge in [0, 0.05) is 12.8 Å². The molecule has 0 bridgehead atoms. The molecule has 1 atom stereocenters. The lowest BCUT2D eigenvalue weighted by atomic mass is 9.88. The van der Waals surface area contributed by atoms with Gasteiger partial charge in [-0.3, -0.25) is 0 Å². The van der Waals surface area contributed by atoms with E-state index < -0.39 is 21.9 Å². The summed E-state index contributed by atoms with van der Waals surface area (Å²) in [7, 11) is -3.31. The molecular formula is C17H17FN2O3S. The van der Waals surface area contributed by atoms with E-state index in [0.717, 1.165) is 22.9 Å². The van der Waals surface area contributed by atoms with Gasteiger partial charge in [0.25, 0.3) is 0 Å². The van der Waals surface area contributed by atoms with Crippen molar-refractivity contribution in [3.05, 3.63) is 65.0 Å². The van der Waals surface area contributed by atoms with Crippen molar-refractivity contribution in [1.29, 1.82) is 0 Å². The van der Waals surface area contributed by atoms with Gasteiger partial charge in [-0.1, -0.05) is 18.2 Å². The van der Waals surface area contributed by atoms with Crippen molar-refractivity contribution >= 4 is 15.9 Å². The highest BCUT2D eigenvalue weighted by atomic mass is 32.2. The third-order valence-corrected chi connectivity index (χ3v) is 5.35. The quantitative estimate of drug-likeness (QED) is 0.904. The number of carbonyl (C=O) groups is 1. The van der Waals surface area contributed by atoms with Crippen LogP contribution in [0.3, 0.4) is 0 Å². The molecule has 1 heterocycles. The zero-order chi connectivity index (χ0) is 17.5. The third-order valence-electron chi connectivity index (χ3n) is 4.24. The van der Waals surface area contributed by atoms with Gasteiger partial charge in [-0.05, 0) is 47.4 Å². The Morgan fingerprint density at radius 3 is 2.46 bits per heavy atom. The maximum atomic E-state index is 13.2. The van der Waals surface area contributed by atoms with Crippen molar-refractivity contribution < 1.29 is 17.6 Å². The molecule has 0 fully saturated rings. The number of fused-ring (bicyclic) bond motifs is 1. The summed E-state index contributed by atoms with van der Waals surface area (Å²) >= 11 is 0. The highest BCUT2D eigenvalue weighted by Gasteiger charge is 2.31. The summed E-state index contributed by atoms with van der Waals surface area (Å²) in [5.41, 5.74) is 7.88. The first-order valence-corrected chi connectivity index (χ1v) is 9.31. The van der Waals surface area contributed by atoms with Crippen LogP contribution in [-0.4, -0.2) is 32.1 Å². The molecule has 7 heteroatoms. The molecule has 0 spiro atoms. The number of nitrogens with zero attached hydrogens (tertiary/aromatic N) is 1. The molecule has 1 aliphatic heterocycles. The van der Waals surface area contributed by atoms with E-state index in [-0.39, 0.29) is 10.7 Å². The van der Waals surface area contributed by atoms with Crippen LogP contribution < -0.4 is 5.73 Å². The second-order valence-corrected chi connectivity index (χ2v) is 7.88. The number of rotatable bonds is 2. The molecule has 2 aromatic carbocycles. The Balaban J connectivity index is 2.14. The number of benzene rings is 2. The third kappa shape index (κ3) is 2.99. The zero-order valence-corrected chi connectivity index (χ0v) is 13.9. The van der Waals surface area contributed by atoms with Crippen molar-refractivity contribution in [2.24, 2.45) is 5.73 Å². The van der Waals surface area contributed by atoms with Crippen LogP contribution in [-0.2, 0) is 16.3 Å². The monoisotopic (exact) mass is 348 g/mol. The van der Waals surface area contributed by atoms with Gasteiger partial charge >= 0.3 is 6.03 Å². The molecule has 5 nitrogen and oxygen atoms in total. The molecule has 1 aliphatic rings. The zero-order valence-electron chi connectivity index (χ0n) is 13.1. The summed E-state index contributed by atoms with van der Waals surface area (Å²) in [4.78, 5) is 13.6. The summed E-state index contributed by atoms with van der Waals surface area (Å²) in [5, 5.41) is 0. The van der Waals surface area contributed by atoms with Gasteiger partial charge in [-0.25, -0.2) is 17.6 Å². The van der Waals surface area contributed by atoms with Gasteiger partial charge in [-0.15, -0.1) is 0 Å². The van der Waals surface area contributed by atoms with Crippen LogP contribution in [0.25, 0.3) is 0 Å². The Labute approximate surface area is 139 Å². The highest BCUT2D eigenvalue weighted by molar-refractivity contribution is 7.90. The molecule has 24 heavy (non-hydrogen) atoms. The van der Waals surface area contributed by atoms with Crippen LogP contribution in [0, 0.1) is 5.82 Å². The lowest BCUT2D eigenvalue weighted by Crippen LogP contribution is -2.43. The lowest BCUT2D eigenvalue weighted by molar-refractivity contribution is 0.189. The Morgan fingerprint density at radius 1 is 1.21 bits per heavy atom. The number of hydrogen-bond donors (Lipinski definition) is 1. The van der Waals surface area contributed by atoms with Gasteiger partial charge < -0.3 is 10.6 Å². The van der Waals surface area contributed by atoms with Crippen molar-refractivity contribution in [2.45, 2.75) is 17.4 Å². The summed E-state index contributed by atoms with van der Waals surface area (Å²) in [6.07, 6.45) is 1.67.